The Morgan fingerprint density at radius 3 is 2.36 bits per heavy atom. The molecule has 1 aliphatic rings. The molecule has 2 nitrogen and oxygen atoms in total. The Bertz CT molecular complexity index is 286. The molecule has 2 heteroatoms. The summed E-state index contributed by atoms with van der Waals surface area (Å²) in [6, 6.07) is 8.45. The van der Waals surface area contributed by atoms with E-state index >= 15 is 0 Å². The molecule has 0 fully saturated rings. The van der Waals surface area contributed by atoms with Crippen LogP contribution in [0.4, 0.5) is 0 Å². The van der Waals surface area contributed by atoms with Crippen LogP contribution in [0.1, 0.15) is 17.5 Å². The van der Waals surface area contributed by atoms with E-state index in [4.69, 9.17) is 5.73 Å². The van der Waals surface area contributed by atoms with Gasteiger partial charge < -0.3 is 10.8 Å². The van der Waals surface area contributed by atoms with E-state index in [1.807, 2.05) is 0 Å². The van der Waals surface area contributed by atoms with Crippen molar-refractivity contribution in [2.24, 2.45) is 11.7 Å². The van der Waals surface area contributed by atoms with E-state index in [2.05, 4.69) is 24.3 Å². The number of aliphatic hydroxyl groups is 1. The molecule has 1 aromatic rings. The van der Waals surface area contributed by atoms with Crippen LogP contribution >= 0.6 is 0 Å². The largest absolute Gasteiger partial charge is 0.393 e. The zero-order valence-electron chi connectivity index (χ0n) is 8.32. The van der Waals surface area contributed by atoms with Gasteiger partial charge in [-0.3, -0.25) is 0 Å². The van der Waals surface area contributed by atoms with E-state index in [-0.39, 0.29) is 6.10 Å². The van der Waals surface area contributed by atoms with E-state index in [0.29, 0.717) is 12.5 Å². The zero-order valence-corrected chi connectivity index (χ0v) is 8.32. The molecule has 0 saturated carbocycles. The lowest BCUT2D eigenvalue weighted by atomic mass is 9.97. The molecular weight excluding hydrogens is 174 g/mol. The van der Waals surface area contributed by atoms with Gasteiger partial charge in [-0.15, -0.1) is 0 Å². The minimum Gasteiger partial charge on any atom is -0.393 e. The van der Waals surface area contributed by atoms with Crippen LogP contribution in [0.15, 0.2) is 24.3 Å². The summed E-state index contributed by atoms with van der Waals surface area (Å²) in [6.07, 6.45) is 2.51. The van der Waals surface area contributed by atoms with E-state index in [1.165, 1.54) is 11.1 Å². The topological polar surface area (TPSA) is 46.2 Å². The van der Waals surface area contributed by atoms with Crippen molar-refractivity contribution in [1.82, 2.24) is 0 Å². The van der Waals surface area contributed by atoms with Crippen molar-refractivity contribution in [2.75, 3.05) is 6.54 Å². The summed E-state index contributed by atoms with van der Waals surface area (Å²) < 4.78 is 0. The predicted molar refractivity (Wildman–Crippen MR) is 57.0 cm³/mol. The molecule has 0 heterocycles. The van der Waals surface area contributed by atoms with Gasteiger partial charge in [-0.2, -0.15) is 0 Å². The Kier molecular flexibility index (Phi) is 2.85. The Labute approximate surface area is 84.7 Å². The first-order valence-corrected chi connectivity index (χ1v) is 5.26. The van der Waals surface area contributed by atoms with Gasteiger partial charge in [0.1, 0.15) is 0 Å². The number of hydrogen-bond donors (Lipinski definition) is 2. The quantitative estimate of drug-likeness (QED) is 0.752. The van der Waals surface area contributed by atoms with Crippen molar-refractivity contribution in [3.8, 4) is 0 Å². The summed E-state index contributed by atoms with van der Waals surface area (Å²) in [4.78, 5) is 0. The van der Waals surface area contributed by atoms with Gasteiger partial charge in [0.25, 0.3) is 0 Å². The maximum Gasteiger partial charge on any atom is 0.0586 e. The predicted octanol–water partition coefficient (Wildman–Crippen LogP) is 1.11. The smallest absolute Gasteiger partial charge is 0.0586 e. The minimum atomic E-state index is -0.229. The maximum absolute atomic E-state index is 9.84. The molecule has 2 rings (SSSR count). The molecule has 0 aromatic heterocycles. The first-order valence-electron chi connectivity index (χ1n) is 5.26. The molecule has 0 amide bonds. The molecule has 14 heavy (non-hydrogen) atoms. The second-order valence-electron chi connectivity index (χ2n) is 4.08. The van der Waals surface area contributed by atoms with Crippen molar-refractivity contribution >= 4 is 0 Å². The van der Waals surface area contributed by atoms with Crippen LogP contribution in [0, 0.1) is 5.92 Å². The van der Waals surface area contributed by atoms with Gasteiger partial charge in [-0.25, -0.2) is 0 Å². The summed E-state index contributed by atoms with van der Waals surface area (Å²) in [6.45, 7) is 0.577. The highest BCUT2D eigenvalue weighted by Crippen LogP contribution is 2.29. The lowest BCUT2D eigenvalue weighted by molar-refractivity contribution is 0.106. The van der Waals surface area contributed by atoms with E-state index < -0.39 is 0 Å². The van der Waals surface area contributed by atoms with Gasteiger partial charge in [0.2, 0.25) is 0 Å². The molecule has 0 spiro atoms. The summed E-state index contributed by atoms with van der Waals surface area (Å²) in [5, 5.41) is 9.84. The third kappa shape index (κ3) is 1.81. The highest BCUT2D eigenvalue weighted by molar-refractivity contribution is 5.32. The highest BCUT2D eigenvalue weighted by atomic mass is 16.3. The van der Waals surface area contributed by atoms with Gasteiger partial charge in [0.15, 0.2) is 0 Å². The van der Waals surface area contributed by atoms with Gasteiger partial charge in [0, 0.05) is 0 Å². The fourth-order valence-electron chi connectivity index (χ4n) is 2.27. The highest BCUT2D eigenvalue weighted by Gasteiger charge is 2.26. The fraction of sp³-hybridized carbons (Fsp3) is 0.500. The number of rotatable bonds is 3. The third-order valence-corrected chi connectivity index (χ3v) is 3.09. The number of nitrogens with two attached hydrogens (primary N) is 1. The maximum atomic E-state index is 9.84. The summed E-state index contributed by atoms with van der Waals surface area (Å²) in [7, 11) is 0. The van der Waals surface area contributed by atoms with Crippen molar-refractivity contribution in [3.05, 3.63) is 35.4 Å². The monoisotopic (exact) mass is 191 g/mol. The zero-order chi connectivity index (χ0) is 9.97. The average Bonchev–Trinajstić information content (AvgIpc) is 2.61. The number of aliphatic hydroxyl groups excluding tert-OH is 1. The standard InChI is InChI=1S/C12H17NO/c13-6-5-12(14)11-7-9-3-1-2-4-10(9)8-11/h1-4,11-12,14H,5-8,13H2. The minimum absolute atomic E-state index is 0.229. The van der Waals surface area contributed by atoms with Crippen LogP contribution in [-0.2, 0) is 12.8 Å². The van der Waals surface area contributed by atoms with Crippen LogP contribution in [0.2, 0.25) is 0 Å². The van der Waals surface area contributed by atoms with Gasteiger partial charge in [0.05, 0.1) is 6.10 Å². The van der Waals surface area contributed by atoms with Gasteiger partial charge >= 0.3 is 0 Å². The molecule has 0 bridgehead atoms. The van der Waals surface area contributed by atoms with Crippen LogP contribution in [-0.4, -0.2) is 17.8 Å². The first-order chi connectivity index (χ1) is 6.81. The summed E-state index contributed by atoms with van der Waals surface area (Å²) >= 11 is 0. The third-order valence-electron chi connectivity index (χ3n) is 3.09. The molecule has 0 saturated heterocycles. The van der Waals surface area contributed by atoms with E-state index in [1.54, 1.807) is 0 Å². The van der Waals surface area contributed by atoms with Crippen LogP contribution < -0.4 is 5.73 Å². The molecule has 1 aromatic carbocycles. The molecule has 1 unspecified atom stereocenters. The Balaban J connectivity index is 2.04. The fourth-order valence-corrected chi connectivity index (χ4v) is 2.27. The Morgan fingerprint density at radius 1 is 1.29 bits per heavy atom. The van der Waals surface area contributed by atoms with Crippen molar-refractivity contribution < 1.29 is 5.11 Å². The molecule has 0 radical (unpaired) electrons. The van der Waals surface area contributed by atoms with Crippen LogP contribution in [0.5, 0.6) is 0 Å². The van der Waals surface area contributed by atoms with Crippen LogP contribution in [0.3, 0.4) is 0 Å². The van der Waals surface area contributed by atoms with Crippen molar-refractivity contribution in [1.29, 1.82) is 0 Å². The molecule has 0 aliphatic heterocycles. The number of hydrogen-bond acceptors (Lipinski definition) is 2. The molecule has 1 atom stereocenters. The number of fused-ring (bicyclic) bond motifs is 1. The van der Waals surface area contributed by atoms with Crippen molar-refractivity contribution in [3.63, 3.8) is 0 Å². The lowest BCUT2D eigenvalue weighted by Gasteiger charge is -2.16. The first kappa shape index (κ1) is 9.69. The average molecular weight is 191 g/mol. The summed E-state index contributed by atoms with van der Waals surface area (Å²) in [5.74, 6) is 0.385. The van der Waals surface area contributed by atoms with Gasteiger partial charge in [-0.1, -0.05) is 24.3 Å². The summed E-state index contributed by atoms with van der Waals surface area (Å²) in [5.41, 5.74) is 8.24. The van der Waals surface area contributed by atoms with Gasteiger partial charge in [-0.05, 0) is 42.9 Å². The second-order valence-corrected chi connectivity index (χ2v) is 4.08. The van der Waals surface area contributed by atoms with E-state index in [9.17, 15) is 5.11 Å². The Morgan fingerprint density at radius 2 is 1.86 bits per heavy atom. The SMILES string of the molecule is NCCC(O)C1Cc2ccccc2C1. The molecule has 76 valence electrons. The lowest BCUT2D eigenvalue weighted by Crippen LogP contribution is -2.23. The second kappa shape index (κ2) is 4.11. The number of benzene rings is 1. The molecule has 3 N–H and O–H groups in total. The molecule has 1 aliphatic carbocycles. The Hall–Kier alpha value is -0.860. The van der Waals surface area contributed by atoms with Crippen molar-refractivity contribution in [2.45, 2.75) is 25.4 Å². The normalized spacial score (nSPS) is 18.1. The van der Waals surface area contributed by atoms with E-state index in [0.717, 1.165) is 19.3 Å². The van der Waals surface area contributed by atoms with Crippen LogP contribution in [0.25, 0.3) is 0 Å². The molecular formula is C12H17NO.